The number of nitrogens with zero attached hydrogens (tertiary/aromatic N) is 1. The highest BCUT2D eigenvalue weighted by Gasteiger charge is 2.41. The average Bonchev–Trinajstić information content (AvgIpc) is 2.88. The third kappa shape index (κ3) is 3.23. The first-order chi connectivity index (χ1) is 12.0. The predicted molar refractivity (Wildman–Crippen MR) is 93.2 cm³/mol. The second-order valence-electron chi connectivity index (χ2n) is 5.35. The van der Waals surface area contributed by atoms with Crippen LogP contribution in [0.3, 0.4) is 0 Å². The van der Waals surface area contributed by atoms with Gasteiger partial charge in [0.1, 0.15) is 5.75 Å². The van der Waals surface area contributed by atoms with Gasteiger partial charge in [0.05, 0.1) is 23.6 Å². The molecule has 7 heteroatoms. The van der Waals surface area contributed by atoms with Gasteiger partial charge in [-0.15, -0.1) is 11.8 Å². The number of aromatic carboxylic acids is 1. The van der Waals surface area contributed by atoms with Crippen molar-refractivity contribution in [3.63, 3.8) is 0 Å². The molecule has 0 aromatic heterocycles. The van der Waals surface area contributed by atoms with Crippen LogP contribution in [0.2, 0.25) is 0 Å². The molecule has 1 fully saturated rings. The summed E-state index contributed by atoms with van der Waals surface area (Å²) >= 11 is 1.10. The number of amides is 2. The molecule has 6 nitrogen and oxygen atoms in total. The normalized spacial score (nSPS) is 17.0. The van der Waals surface area contributed by atoms with Gasteiger partial charge in [0.15, 0.2) is 0 Å². The lowest BCUT2D eigenvalue weighted by atomic mass is 10.2. The zero-order valence-electron chi connectivity index (χ0n) is 13.3. The Bertz CT molecular complexity index is 851. The van der Waals surface area contributed by atoms with E-state index in [0.29, 0.717) is 16.3 Å². The highest BCUT2D eigenvalue weighted by atomic mass is 32.2. The topological polar surface area (TPSA) is 83.9 Å². The number of thioether (sulfide) groups is 1. The van der Waals surface area contributed by atoms with Gasteiger partial charge in [0.25, 0.3) is 0 Å². The van der Waals surface area contributed by atoms with E-state index in [1.165, 1.54) is 13.2 Å². The molecule has 2 amide bonds. The average molecular weight is 357 g/mol. The molecule has 1 atom stereocenters. The Morgan fingerprint density at radius 3 is 2.56 bits per heavy atom. The third-order valence-electron chi connectivity index (χ3n) is 3.82. The Balaban J connectivity index is 1.89. The second-order valence-corrected chi connectivity index (χ2v) is 6.60. The molecule has 0 bridgehead atoms. The minimum Gasteiger partial charge on any atom is -0.495 e. The molecule has 25 heavy (non-hydrogen) atoms. The fourth-order valence-electron chi connectivity index (χ4n) is 2.66. The van der Waals surface area contributed by atoms with Gasteiger partial charge in [-0.2, -0.15) is 0 Å². The first-order valence-electron chi connectivity index (χ1n) is 7.51. The molecular weight excluding hydrogens is 342 g/mol. The molecule has 3 rings (SSSR count). The summed E-state index contributed by atoms with van der Waals surface area (Å²) in [6.45, 7) is 0. The third-order valence-corrected chi connectivity index (χ3v) is 5.08. The van der Waals surface area contributed by atoms with E-state index in [2.05, 4.69) is 0 Å². The lowest BCUT2D eigenvalue weighted by Gasteiger charge is -2.18. The van der Waals surface area contributed by atoms with Gasteiger partial charge in [-0.25, -0.2) is 9.69 Å². The van der Waals surface area contributed by atoms with Gasteiger partial charge in [-0.05, 0) is 24.3 Å². The van der Waals surface area contributed by atoms with Crippen LogP contribution in [0.25, 0.3) is 0 Å². The maximum atomic E-state index is 12.8. The van der Waals surface area contributed by atoms with Crippen LogP contribution in [0, 0.1) is 0 Å². The Hall–Kier alpha value is -2.80. The molecule has 2 aromatic carbocycles. The largest absolute Gasteiger partial charge is 0.495 e. The number of carboxylic acids is 1. The van der Waals surface area contributed by atoms with Crippen LogP contribution >= 0.6 is 11.8 Å². The SMILES string of the molecule is COc1ccccc1N1C(=O)CC(Sc2ccccc2C(=O)O)C1=O. The molecule has 1 unspecified atom stereocenters. The van der Waals surface area contributed by atoms with E-state index >= 15 is 0 Å². The van der Waals surface area contributed by atoms with E-state index in [1.807, 2.05) is 0 Å². The summed E-state index contributed by atoms with van der Waals surface area (Å²) in [5.41, 5.74) is 0.512. The Morgan fingerprint density at radius 2 is 1.84 bits per heavy atom. The van der Waals surface area contributed by atoms with Crippen LogP contribution in [-0.2, 0) is 9.59 Å². The van der Waals surface area contributed by atoms with Crippen molar-refractivity contribution in [3.05, 3.63) is 54.1 Å². The van der Waals surface area contributed by atoms with Crippen molar-refractivity contribution in [2.45, 2.75) is 16.6 Å². The number of methoxy groups -OCH3 is 1. The summed E-state index contributed by atoms with van der Waals surface area (Å²) in [6.07, 6.45) is 0.00943. The van der Waals surface area contributed by atoms with Crippen molar-refractivity contribution in [1.82, 2.24) is 0 Å². The molecule has 1 aliphatic heterocycles. The van der Waals surface area contributed by atoms with Crippen molar-refractivity contribution in [2.75, 3.05) is 12.0 Å². The number of hydrogen-bond acceptors (Lipinski definition) is 5. The molecule has 128 valence electrons. The highest BCUT2D eigenvalue weighted by molar-refractivity contribution is 8.00. The molecular formula is C18H15NO5S. The molecule has 0 spiro atoms. The molecule has 0 aliphatic carbocycles. The molecule has 2 aromatic rings. The van der Waals surface area contributed by atoms with Crippen LogP contribution in [0.1, 0.15) is 16.8 Å². The standard InChI is InChI=1S/C18H15NO5S/c1-24-13-8-4-3-7-12(13)19-16(20)10-15(17(19)21)25-14-9-5-2-6-11(14)18(22)23/h2-9,15H,10H2,1H3,(H,22,23). The van der Waals surface area contributed by atoms with Crippen LogP contribution < -0.4 is 9.64 Å². The van der Waals surface area contributed by atoms with Gasteiger partial charge in [0, 0.05) is 11.3 Å². The lowest BCUT2D eigenvalue weighted by molar-refractivity contribution is -0.121. The molecule has 0 radical (unpaired) electrons. The first kappa shape index (κ1) is 17.0. The van der Waals surface area contributed by atoms with Gasteiger partial charge in [-0.3, -0.25) is 9.59 Å². The number of imide groups is 1. The Morgan fingerprint density at radius 1 is 1.16 bits per heavy atom. The van der Waals surface area contributed by atoms with Crippen molar-refractivity contribution >= 4 is 35.2 Å². The molecule has 1 N–H and O–H groups in total. The van der Waals surface area contributed by atoms with E-state index in [0.717, 1.165) is 16.7 Å². The van der Waals surface area contributed by atoms with Gasteiger partial charge in [-0.1, -0.05) is 24.3 Å². The number of ether oxygens (including phenoxy) is 1. The van der Waals surface area contributed by atoms with Crippen molar-refractivity contribution in [3.8, 4) is 5.75 Å². The number of hydrogen-bond donors (Lipinski definition) is 1. The monoisotopic (exact) mass is 357 g/mol. The van der Waals surface area contributed by atoms with E-state index in [-0.39, 0.29) is 23.8 Å². The summed E-state index contributed by atoms with van der Waals surface area (Å²) in [6, 6.07) is 13.2. The van der Waals surface area contributed by atoms with Gasteiger partial charge >= 0.3 is 5.97 Å². The Labute approximate surface area is 148 Å². The quantitative estimate of drug-likeness (QED) is 0.829. The van der Waals surface area contributed by atoms with Gasteiger partial charge in [0.2, 0.25) is 11.8 Å². The minimum absolute atomic E-state index is 0.00943. The number of rotatable bonds is 5. The van der Waals surface area contributed by atoms with Crippen LogP contribution in [0.5, 0.6) is 5.75 Å². The number of anilines is 1. The maximum absolute atomic E-state index is 12.8. The summed E-state index contributed by atoms with van der Waals surface area (Å²) in [5, 5.41) is 8.60. The van der Waals surface area contributed by atoms with E-state index in [4.69, 9.17) is 4.74 Å². The summed E-state index contributed by atoms with van der Waals surface area (Å²) in [7, 11) is 1.47. The summed E-state index contributed by atoms with van der Waals surface area (Å²) < 4.78 is 5.23. The number of carbonyl (C=O) groups excluding carboxylic acids is 2. The maximum Gasteiger partial charge on any atom is 0.336 e. The Kier molecular flexibility index (Phi) is 4.76. The fraction of sp³-hybridized carbons (Fsp3) is 0.167. The minimum atomic E-state index is -1.07. The van der Waals surface area contributed by atoms with Gasteiger partial charge < -0.3 is 9.84 Å². The summed E-state index contributed by atoms with van der Waals surface area (Å²) in [5.74, 6) is -1.35. The number of para-hydroxylation sites is 2. The number of benzene rings is 2. The first-order valence-corrected chi connectivity index (χ1v) is 8.39. The van der Waals surface area contributed by atoms with Crippen molar-refractivity contribution in [1.29, 1.82) is 0 Å². The number of carbonyl (C=O) groups is 3. The van der Waals surface area contributed by atoms with Crippen LogP contribution in [0.15, 0.2) is 53.4 Å². The molecule has 1 heterocycles. The van der Waals surface area contributed by atoms with E-state index < -0.39 is 11.2 Å². The lowest BCUT2D eigenvalue weighted by Crippen LogP contribution is -2.31. The summed E-state index contributed by atoms with van der Waals surface area (Å²) in [4.78, 5) is 38.0. The van der Waals surface area contributed by atoms with E-state index in [9.17, 15) is 19.5 Å². The van der Waals surface area contributed by atoms with Crippen molar-refractivity contribution in [2.24, 2.45) is 0 Å². The smallest absolute Gasteiger partial charge is 0.336 e. The zero-order chi connectivity index (χ0) is 18.0. The zero-order valence-corrected chi connectivity index (χ0v) is 14.2. The predicted octanol–water partition coefficient (Wildman–Crippen LogP) is 2.82. The number of carboxylic acid groups (broad SMARTS) is 1. The molecule has 1 aliphatic rings. The van der Waals surface area contributed by atoms with Crippen molar-refractivity contribution < 1.29 is 24.2 Å². The van der Waals surface area contributed by atoms with Crippen LogP contribution in [0.4, 0.5) is 5.69 Å². The molecule has 1 saturated heterocycles. The van der Waals surface area contributed by atoms with Crippen LogP contribution in [-0.4, -0.2) is 35.2 Å². The fourth-order valence-corrected chi connectivity index (χ4v) is 3.84. The highest BCUT2D eigenvalue weighted by Crippen LogP contribution is 2.38. The molecule has 0 saturated carbocycles. The van der Waals surface area contributed by atoms with E-state index in [1.54, 1.807) is 42.5 Å². The second kappa shape index (κ2) is 6.98.